The monoisotopic (exact) mass is 321 g/mol. The normalized spacial score (nSPS) is 21.8. The minimum Gasteiger partial charge on any atom is -0.497 e. The first-order valence-corrected chi connectivity index (χ1v) is 8.14. The molecule has 4 rings (SSSR count). The van der Waals surface area contributed by atoms with E-state index in [1.54, 1.807) is 31.4 Å². The Labute approximate surface area is 141 Å². The lowest BCUT2D eigenvalue weighted by atomic mass is 9.77. The molecule has 1 amide bonds. The summed E-state index contributed by atoms with van der Waals surface area (Å²) < 4.78 is 5.37. The van der Waals surface area contributed by atoms with Crippen LogP contribution in [0.4, 0.5) is 0 Å². The average Bonchev–Trinajstić information content (AvgIpc) is 3.02. The smallest absolute Gasteiger partial charge is 0.240 e. The highest BCUT2D eigenvalue weighted by Gasteiger charge is 2.43. The third-order valence-corrected chi connectivity index (χ3v) is 4.90. The van der Waals surface area contributed by atoms with Crippen molar-refractivity contribution in [2.24, 2.45) is 11.0 Å². The fraction of sp³-hybridized carbons (Fsp3) is 0.316. The SMILES string of the molecule is COc1ccc2c(c1)C1=NN(C(C)=O)[C@H](c3ccncc3)[C@@H]1CC2. The lowest BCUT2D eigenvalue weighted by molar-refractivity contribution is -0.131. The fourth-order valence-corrected chi connectivity index (χ4v) is 3.77. The van der Waals surface area contributed by atoms with Gasteiger partial charge in [0, 0.05) is 30.8 Å². The number of ether oxygens (including phenoxy) is 1. The van der Waals surface area contributed by atoms with Crippen molar-refractivity contribution >= 4 is 11.6 Å². The second-order valence-corrected chi connectivity index (χ2v) is 6.24. The number of aromatic nitrogens is 1. The lowest BCUT2D eigenvalue weighted by Crippen LogP contribution is -2.31. The first-order chi connectivity index (χ1) is 11.7. The number of hydrogen-bond acceptors (Lipinski definition) is 4. The number of carbonyl (C=O) groups excluding carboxylic acids is 1. The number of amides is 1. The van der Waals surface area contributed by atoms with Crippen LogP contribution in [0.5, 0.6) is 5.75 Å². The zero-order valence-electron chi connectivity index (χ0n) is 13.8. The molecule has 1 aromatic carbocycles. The standard InChI is InChI=1S/C19H19N3O2/c1-12(23)22-19(14-7-9-20-10-8-14)16-6-4-13-3-5-15(24-2)11-17(13)18(16)21-22/h3,5,7-11,16,19H,4,6H2,1-2H3/t16-,19-/m1/s1. The Kier molecular flexibility index (Phi) is 3.56. The van der Waals surface area contributed by atoms with Gasteiger partial charge in [-0.2, -0.15) is 5.10 Å². The minimum absolute atomic E-state index is 0.0387. The van der Waals surface area contributed by atoms with Crippen LogP contribution in [0.3, 0.4) is 0 Å². The average molecular weight is 321 g/mol. The van der Waals surface area contributed by atoms with Gasteiger partial charge >= 0.3 is 0 Å². The van der Waals surface area contributed by atoms with Crippen molar-refractivity contribution in [1.82, 2.24) is 9.99 Å². The van der Waals surface area contributed by atoms with E-state index in [1.807, 2.05) is 24.3 Å². The van der Waals surface area contributed by atoms with Gasteiger partial charge in [-0.1, -0.05) is 6.07 Å². The fourth-order valence-electron chi connectivity index (χ4n) is 3.77. The van der Waals surface area contributed by atoms with E-state index < -0.39 is 0 Å². The van der Waals surface area contributed by atoms with E-state index in [2.05, 4.69) is 11.1 Å². The Balaban J connectivity index is 1.81. The van der Waals surface area contributed by atoms with Crippen LogP contribution < -0.4 is 4.74 Å². The summed E-state index contributed by atoms with van der Waals surface area (Å²) in [5.41, 5.74) is 4.44. The molecule has 0 saturated heterocycles. The van der Waals surface area contributed by atoms with E-state index in [-0.39, 0.29) is 17.9 Å². The molecule has 0 spiro atoms. The van der Waals surface area contributed by atoms with Gasteiger partial charge in [0.2, 0.25) is 5.91 Å². The van der Waals surface area contributed by atoms with Gasteiger partial charge < -0.3 is 4.74 Å². The molecule has 2 atom stereocenters. The first kappa shape index (κ1) is 14.9. The van der Waals surface area contributed by atoms with E-state index in [4.69, 9.17) is 9.84 Å². The first-order valence-electron chi connectivity index (χ1n) is 8.14. The molecular weight excluding hydrogens is 302 g/mol. The topological polar surface area (TPSA) is 54.8 Å². The predicted molar refractivity (Wildman–Crippen MR) is 90.8 cm³/mol. The molecule has 5 nitrogen and oxygen atoms in total. The number of fused-ring (bicyclic) bond motifs is 3. The van der Waals surface area contributed by atoms with Crippen molar-refractivity contribution < 1.29 is 9.53 Å². The largest absolute Gasteiger partial charge is 0.497 e. The van der Waals surface area contributed by atoms with Crippen molar-refractivity contribution in [3.8, 4) is 5.75 Å². The van der Waals surface area contributed by atoms with Crippen molar-refractivity contribution in [2.45, 2.75) is 25.8 Å². The Hall–Kier alpha value is -2.69. The molecule has 5 heteroatoms. The van der Waals surface area contributed by atoms with Crippen LogP contribution in [0.2, 0.25) is 0 Å². The quantitative estimate of drug-likeness (QED) is 0.854. The Bertz CT molecular complexity index is 817. The van der Waals surface area contributed by atoms with Crippen LogP contribution in [-0.2, 0) is 11.2 Å². The molecule has 0 radical (unpaired) electrons. The van der Waals surface area contributed by atoms with Gasteiger partial charge in [0.15, 0.2) is 0 Å². The summed E-state index contributed by atoms with van der Waals surface area (Å²) in [6.45, 7) is 1.57. The maximum atomic E-state index is 12.2. The van der Waals surface area contributed by atoms with Gasteiger partial charge in [-0.3, -0.25) is 9.78 Å². The molecule has 122 valence electrons. The maximum Gasteiger partial charge on any atom is 0.240 e. The highest BCUT2D eigenvalue weighted by Crippen LogP contribution is 2.43. The Morgan fingerprint density at radius 2 is 2.04 bits per heavy atom. The van der Waals surface area contributed by atoms with Crippen LogP contribution >= 0.6 is 0 Å². The molecule has 0 bridgehead atoms. The molecule has 2 aromatic rings. The van der Waals surface area contributed by atoms with Gasteiger partial charge in [-0.15, -0.1) is 0 Å². The number of hydrogen-bond donors (Lipinski definition) is 0. The highest BCUT2D eigenvalue weighted by molar-refractivity contribution is 6.07. The second-order valence-electron chi connectivity index (χ2n) is 6.24. The van der Waals surface area contributed by atoms with Gasteiger partial charge in [0.05, 0.1) is 18.9 Å². The van der Waals surface area contributed by atoms with E-state index in [1.165, 1.54) is 5.56 Å². The van der Waals surface area contributed by atoms with Crippen molar-refractivity contribution in [1.29, 1.82) is 0 Å². The molecule has 0 saturated carbocycles. The Morgan fingerprint density at radius 3 is 2.75 bits per heavy atom. The summed E-state index contributed by atoms with van der Waals surface area (Å²) in [7, 11) is 1.67. The molecule has 1 aromatic heterocycles. The molecular formula is C19H19N3O2. The molecule has 0 fully saturated rings. The summed E-state index contributed by atoms with van der Waals surface area (Å²) in [6, 6.07) is 10.0. The van der Waals surface area contributed by atoms with E-state index >= 15 is 0 Å². The van der Waals surface area contributed by atoms with Gasteiger partial charge in [-0.05, 0) is 48.2 Å². The zero-order valence-corrected chi connectivity index (χ0v) is 13.8. The third-order valence-electron chi connectivity index (χ3n) is 4.90. The van der Waals surface area contributed by atoms with Gasteiger partial charge in [0.25, 0.3) is 0 Å². The number of methoxy groups -OCH3 is 1. The number of hydrazone groups is 1. The van der Waals surface area contributed by atoms with Crippen LogP contribution in [0, 0.1) is 5.92 Å². The highest BCUT2D eigenvalue weighted by atomic mass is 16.5. The number of aryl methyl sites for hydroxylation is 1. The number of benzene rings is 1. The summed E-state index contributed by atoms with van der Waals surface area (Å²) in [5, 5.41) is 6.34. The van der Waals surface area contributed by atoms with E-state index in [0.29, 0.717) is 0 Å². The number of pyridine rings is 1. The van der Waals surface area contributed by atoms with Crippen molar-refractivity contribution in [3.05, 3.63) is 59.4 Å². The summed E-state index contributed by atoms with van der Waals surface area (Å²) >= 11 is 0. The molecule has 24 heavy (non-hydrogen) atoms. The van der Waals surface area contributed by atoms with Gasteiger partial charge in [-0.25, -0.2) is 5.01 Å². The number of carbonyl (C=O) groups is 1. The molecule has 0 unspecified atom stereocenters. The molecule has 1 aliphatic heterocycles. The number of rotatable bonds is 2. The molecule has 2 aliphatic rings. The van der Waals surface area contributed by atoms with Crippen LogP contribution in [0.25, 0.3) is 0 Å². The van der Waals surface area contributed by atoms with Crippen molar-refractivity contribution in [2.75, 3.05) is 7.11 Å². The van der Waals surface area contributed by atoms with Crippen molar-refractivity contribution in [3.63, 3.8) is 0 Å². The maximum absolute atomic E-state index is 12.2. The summed E-state index contributed by atoms with van der Waals surface area (Å²) in [6.07, 6.45) is 5.50. The number of nitrogens with zero attached hydrogens (tertiary/aromatic N) is 3. The van der Waals surface area contributed by atoms with Gasteiger partial charge in [0.1, 0.15) is 5.75 Å². The lowest BCUT2D eigenvalue weighted by Gasteiger charge is -2.29. The van der Waals surface area contributed by atoms with E-state index in [9.17, 15) is 4.79 Å². The van der Waals surface area contributed by atoms with Crippen LogP contribution in [-0.4, -0.2) is 28.7 Å². The van der Waals surface area contributed by atoms with Crippen LogP contribution in [0.15, 0.2) is 47.8 Å². The summed E-state index contributed by atoms with van der Waals surface area (Å²) in [5.74, 6) is 0.984. The Morgan fingerprint density at radius 1 is 1.25 bits per heavy atom. The van der Waals surface area contributed by atoms with Crippen LogP contribution in [0.1, 0.15) is 36.1 Å². The molecule has 1 aliphatic carbocycles. The zero-order chi connectivity index (χ0) is 16.7. The molecule has 2 heterocycles. The summed E-state index contributed by atoms with van der Waals surface area (Å²) in [4.78, 5) is 16.3. The second kappa shape index (κ2) is 5.74. The van der Waals surface area contributed by atoms with E-state index in [0.717, 1.165) is 35.4 Å². The predicted octanol–water partition coefficient (Wildman–Crippen LogP) is 2.96. The minimum atomic E-state index is -0.0557. The molecule has 0 N–H and O–H groups in total. The third kappa shape index (κ3) is 2.28.